The van der Waals surface area contributed by atoms with Crippen LogP contribution >= 0.6 is 0 Å². The van der Waals surface area contributed by atoms with E-state index in [1.165, 1.54) is 11.1 Å². The molecule has 1 aromatic heterocycles. The molecule has 3 nitrogen and oxygen atoms in total. The number of aromatic nitrogens is 1. The Labute approximate surface area is 121 Å². The van der Waals surface area contributed by atoms with E-state index in [0.717, 1.165) is 36.6 Å². The average Bonchev–Trinajstić information content (AvgIpc) is 2.44. The van der Waals surface area contributed by atoms with Gasteiger partial charge in [0, 0.05) is 12.7 Å². The van der Waals surface area contributed by atoms with E-state index in [2.05, 4.69) is 43.2 Å². The number of nitrogens with one attached hydrogen (secondary N) is 1. The van der Waals surface area contributed by atoms with Gasteiger partial charge in [-0.15, -0.1) is 0 Å². The number of aryl methyl sites for hydroxylation is 2. The van der Waals surface area contributed by atoms with E-state index in [-0.39, 0.29) is 0 Å². The quantitative estimate of drug-likeness (QED) is 0.806. The largest absolute Gasteiger partial charge is 0.456 e. The molecule has 1 heterocycles. The summed E-state index contributed by atoms with van der Waals surface area (Å²) in [5.74, 6) is 1.64. The van der Waals surface area contributed by atoms with Gasteiger partial charge in [0.2, 0.25) is 0 Å². The molecule has 0 aliphatic rings. The number of nitrogens with zero attached hydrogens (tertiary/aromatic N) is 1. The zero-order valence-corrected chi connectivity index (χ0v) is 12.4. The van der Waals surface area contributed by atoms with Crippen molar-refractivity contribution in [2.45, 2.75) is 33.7 Å². The molecule has 0 saturated carbocycles. The molecule has 0 fully saturated rings. The van der Waals surface area contributed by atoms with Crippen molar-refractivity contribution >= 4 is 0 Å². The summed E-state index contributed by atoms with van der Waals surface area (Å²) in [6, 6.07) is 8.15. The molecular formula is C17H22N2O. The number of benzene rings is 1. The minimum atomic E-state index is 0.782. The zero-order chi connectivity index (χ0) is 14.4. The van der Waals surface area contributed by atoms with Gasteiger partial charge in [-0.05, 0) is 61.7 Å². The second-order valence-corrected chi connectivity index (χ2v) is 5.05. The predicted molar refractivity (Wildman–Crippen MR) is 82.2 cm³/mol. The molecule has 0 radical (unpaired) electrons. The predicted octanol–water partition coefficient (Wildman–Crippen LogP) is 3.99. The molecule has 0 atom stereocenters. The molecule has 106 valence electrons. The summed E-state index contributed by atoms with van der Waals surface area (Å²) in [7, 11) is 0. The monoisotopic (exact) mass is 270 g/mol. The van der Waals surface area contributed by atoms with Crippen LogP contribution in [0.3, 0.4) is 0 Å². The van der Waals surface area contributed by atoms with Crippen LogP contribution in [0, 0.1) is 13.8 Å². The van der Waals surface area contributed by atoms with E-state index in [1.807, 2.05) is 18.3 Å². The molecule has 0 bridgehead atoms. The summed E-state index contributed by atoms with van der Waals surface area (Å²) in [6.07, 6.45) is 4.75. The van der Waals surface area contributed by atoms with E-state index >= 15 is 0 Å². The highest BCUT2D eigenvalue weighted by atomic mass is 16.5. The number of hydrogen-bond acceptors (Lipinski definition) is 3. The molecule has 0 amide bonds. The van der Waals surface area contributed by atoms with Crippen LogP contribution < -0.4 is 10.1 Å². The smallest absolute Gasteiger partial charge is 0.146 e. The SMILES string of the molecule is CCCNCc1cncc(Oc2ccc(C)c(C)c2)c1. The molecule has 1 N–H and O–H groups in total. The third kappa shape index (κ3) is 4.07. The Bertz CT molecular complexity index is 567. The third-order valence-electron chi connectivity index (χ3n) is 3.24. The van der Waals surface area contributed by atoms with Gasteiger partial charge in [-0.1, -0.05) is 13.0 Å². The van der Waals surface area contributed by atoms with Crippen LogP contribution in [0.15, 0.2) is 36.7 Å². The van der Waals surface area contributed by atoms with Crippen LogP contribution in [-0.4, -0.2) is 11.5 Å². The van der Waals surface area contributed by atoms with Gasteiger partial charge in [0.05, 0.1) is 6.20 Å². The number of pyridine rings is 1. The molecular weight excluding hydrogens is 248 g/mol. The summed E-state index contributed by atoms with van der Waals surface area (Å²) in [6.45, 7) is 8.18. The van der Waals surface area contributed by atoms with Crippen molar-refractivity contribution < 1.29 is 4.74 Å². The first-order chi connectivity index (χ1) is 9.69. The third-order valence-corrected chi connectivity index (χ3v) is 3.24. The van der Waals surface area contributed by atoms with Crippen LogP contribution in [0.1, 0.15) is 30.0 Å². The van der Waals surface area contributed by atoms with Crippen molar-refractivity contribution in [1.82, 2.24) is 10.3 Å². The van der Waals surface area contributed by atoms with Crippen molar-refractivity contribution in [3.63, 3.8) is 0 Å². The molecule has 3 heteroatoms. The summed E-state index contributed by atoms with van der Waals surface area (Å²) in [4.78, 5) is 4.23. The van der Waals surface area contributed by atoms with Crippen LogP contribution in [-0.2, 0) is 6.54 Å². The first-order valence-electron chi connectivity index (χ1n) is 7.09. The minimum absolute atomic E-state index is 0.782. The second kappa shape index (κ2) is 7.06. The fourth-order valence-corrected chi connectivity index (χ4v) is 1.94. The Morgan fingerprint density at radius 3 is 2.65 bits per heavy atom. The Kier molecular flexibility index (Phi) is 5.13. The Balaban J connectivity index is 2.05. The van der Waals surface area contributed by atoms with E-state index in [9.17, 15) is 0 Å². The van der Waals surface area contributed by atoms with Crippen molar-refractivity contribution in [3.8, 4) is 11.5 Å². The molecule has 0 saturated heterocycles. The number of ether oxygens (including phenoxy) is 1. The first kappa shape index (κ1) is 14.5. The summed E-state index contributed by atoms with van der Waals surface area (Å²) < 4.78 is 5.87. The maximum atomic E-state index is 5.87. The van der Waals surface area contributed by atoms with E-state index < -0.39 is 0 Å². The zero-order valence-electron chi connectivity index (χ0n) is 12.4. The van der Waals surface area contributed by atoms with Crippen LogP contribution in [0.2, 0.25) is 0 Å². The van der Waals surface area contributed by atoms with Crippen molar-refractivity contribution in [3.05, 3.63) is 53.3 Å². The maximum absolute atomic E-state index is 5.87. The number of rotatable bonds is 6. The normalized spacial score (nSPS) is 10.6. The molecule has 1 aromatic carbocycles. The van der Waals surface area contributed by atoms with Crippen LogP contribution in [0.25, 0.3) is 0 Å². The Hall–Kier alpha value is -1.87. The summed E-state index contributed by atoms with van der Waals surface area (Å²) in [5.41, 5.74) is 3.64. The first-order valence-corrected chi connectivity index (χ1v) is 7.09. The standard InChI is InChI=1S/C17H22N2O/c1-4-7-18-10-15-9-17(12-19-11-15)20-16-6-5-13(2)14(3)8-16/h5-6,8-9,11-12,18H,4,7,10H2,1-3H3. The highest BCUT2D eigenvalue weighted by Gasteiger charge is 2.01. The second-order valence-electron chi connectivity index (χ2n) is 5.05. The summed E-state index contributed by atoms with van der Waals surface area (Å²) >= 11 is 0. The van der Waals surface area contributed by atoms with Gasteiger partial charge in [0.15, 0.2) is 0 Å². The average molecular weight is 270 g/mol. The van der Waals surface area contributed by atoms with Crippen molar-refractivity contribution in [2.75, 3.05) is 6.54 Å². The fraction of sp³-hybridized carbons (Fsp3) is 0.353. The molecule has 2 aromatic rings. The van der Waals surface area contributed by atoms with Crippen molar-refractivity contribution in [2.24, 2.45) is 0 Å². The molecule has 2 rings (SSSR count). The molecule has 20 heavy (non-hydrogen) atoms. The maximum Gasteiger partial charge on any atom is 0.146 e. The Morgan fingerprint density at radius 2 is 1.90 bits per heavy atom. The van der Waals surface area contributed by atoms with Gasteiger partial charge in [0.1, 0.15) is 11.5 Å². The fourth-order valence-electron chi connectivity index (χ4n) is 1.94. The molecule has 0 aliphatic carbocycles. The lowest BCUT2D eigenvalue weighted by Crippen LogP contribution is -2.13. The van der Waals surface area contributed by atoms with Crippen molar-refractivity contribution in [1.29, 1.82) is 0 Å². The minimum Gasteiger partial charge on any atom is -0.456 e. The topological polar surface area (TPSA) is 34.2 Å². The van der Waals surface area contributed by atoms with Gasteiger partial charge >= 0.3 is 0 Å². The lowest BCUT2D eigenvalue weighted by atomic mass is 10.1. The lowest BCUT2D eigenvalue weighted by molar-refractivity contribution is 0.478. The lowest BCUT2D eigenvalue weighted by Gasteiger charge is -2.09. The van der Waals surface area contributed by atoms with Gasteiger partial charge in [-0.2, -0.15) is 0 Å². The van der Waals surface area contributed by atoms with Gasteiger partial charge in [0.25, 0.3) is 0 Å². The molecule has 0 aliphatic heterocycles. The van der Waals surface area contributed by atoms with E-state index in [1.54, 1.807) is 6.20 Å². The van der Waals surface area contributed by atoms with Gasteiger partial charge < -0.3 is 10.1 Å². The summed E-state index contributed by atoms with van der Waals surface area (Å²) in [5, 5.41) is 3.36. The molecule has 0 unspecified atom stereocenters. The van der Waals surface area contributed by atoms with Crippen LogP contribution in [0.4, 0.5) is 0 Å². The van der Waals surface area contributed by atoms with Gasteiger partial charge in [-0.25, -0.2) is 0 Å². The highest BCUT2D eigenvalue weighted by Crippen LogP contribution is 2.23. The Morgan fingerprint density at radius 1 is 1.05 bits per heavy atom. The number of hydrogen-bond donors (Lipinski definition) is 1. The van der Waals surface area contributed by atoms with Crippen LogP contribution in [0.5, 0.6) is 11.5 Å². The van der Waals surface area contributed by atoms with Gasteiger partial charge in [-0.3, -0.25) is 4.98 Å². The van der Waals surface area contributed by atoms with E-state index in [0.29, 0.717) is 0 Å². The highest BCUT2D eigenvalue weighted by molar-refractivity contribution is 5.37. The van der Waals surface area contributed by atoms with E-state index in [4.69, 9.17) is 4.74 Å². The molecule has 0 spiro atoms.